The van der Waals surface area contributed by atoms with Gasteiger partial charge in [-0.15, -0.1) is 0 Å². The van der Waals surface area contributed by atoms with E-state index in [4.69, 9.17) is 21.1 Å². The van der Waals surface area contributed by atoms with Crippen molar-refractivity contribution in [3.63, 3.8) is 0 Å². The average molecular weight is 460 g/mol. The topological polar surface area (TPSA) is 38.8 Å². The summed E-state index contributed by atoms with van der Waals surface area (Å²) in [7, 11) is 0. The smallest absolute Gasteiger partial charge is 0.226 e. The Bertz CT molecular complexity index is 1170. The molecular weight excluding hydrogens is 434 g/mol. The molecule has 3 aromatic carbocycles. The zero-order valence-corrected chi connectivity index (χ0v) is 19.1. The van der Waals surface area contributed by atoms with Crippen LogP contribution in [0.2, 0.25) is 5.02 Å². The standard InChI is InChI=1S/C28H26ClNO3/c29-24-8-4-5-9-26(24)32-19-13-27(31)30-17-15-28(16-18-30)14-12-23-20-22(10-11-25(23)33-28)21-6-2-1-3-7-21/h1-12,14,20H,13,15-19H2. The first-order valence-electron chi connectivity index (χ1n) is 11.3. The molecule has 2 heterocycles. The summed E-state index contributed by atoms with van der Waals surface area (Å²) in [5.41, 5.74) is 3.13. The molecule has 0 atom stereocenters. The van der Waals surface area contributed by atoms with Gasteiger partial charge >= 0.3 is 0 Å². The van der Waals surface area contributed by atoms with Gasteiger partial charge in [-0.25, -0.2) is 0 Å². The molecule has 0 aliphatic carbocycles. The van der Waals surface area contributed by atoms with Gasteiger partial charge in [-0.1, -0.05) is 66.2 Å². The molecule has 33 heavy (non-hydrogen) atoms. The van der Waals surface area contributed by atoms with Gasteiger partial charge in [0.05, 0.1) is 18.1 Å². The molecule has 3 aromatic rings. The first-order chi connectivity index (χ1) is 16.1. The highest BCUT2D eigenvalue weighted by atomic mass is 35.5. The second-order valence-electron chi connectivity index (χ2n) is 8.53. The predicted octanol–water partition coefficient (Wildman–Crippen LogP) is 6.24. The van der Waals surface area contributed by atoms with Gasteiger partial charge in [0.25, 0.3) is 0 Å². The summed E-state index contributed by atoms with van der Waals surface area (Å²) in [5.74, 6) is 1.62. The minimum absolute atomic E-state index is 0.101. The summed E-state index contributed by atoms with van der Waals surface area (Å²) in [5, 5.41) is 0.558. The van der Waals surface area contributed by atoms with Crippen molar-refractivity contribution in [1.82, 2.24) is 4.90 Å². The molecule has 0 aromatic heterocycles. The monoisotopic (exact) mass is 459 g/mol. The molecular formula is C28H26ClNO3. The third kappa shape index (κ3) is 4.76. The SMILES string of the molecule is O=C(CCOc1ccccc1Cl)N1CCC2(C=Cc3cc(-c4ccccc4)ccc3O2)CC1. The number of halogens is 1. The molecule has 0 N–H and O–H groups in total. The number of hydrogen-bond acceptors (Lipinski definition) is 3. The number of nitrogens with zero attached hydrogens (tertiary/aromatic N) is 1. The Balaban J connectivity index is 1.16. The first kappa shape index (κ1) is 21.6. The van der Waals surface area contributed by atoms with Crippen LogP contribution in [-0.2, 0) is 4.79 Å². The number of fused-ring (bicyclic) bond motifs is 1. The minimum atomic E-state index is -0.341. The van der Waals surface area contributed by atoms with E-state index < -0.39 is 0 Å². The van der Waals surface area contributed by atoms with Crippen LogP contribution in [0, 0.1) is 0 Å². The van der Waals surface area contributed by atoms with Gasteiger partial charge in [0.2, 0.25) is 5.91 Å². The lowest BCUT2D eigenvalue weighted by Gasteiger charge is -2.42. The van der Waals surface area contributed by atoms with Gasteiger partial charge in [0.15, 0.2) is 0 Å². The van der Waals surface area contributed by atoms with E-state index in [1.54, 1.807) is 6.07 Å². The van der Waals surface area contributed by atoms with Gasteiger partial charge in [-0.3, -0.25) is 4.79 Å². The molecule has 0 radical (unpaired) electrons. The number of rotatable bonds is 5. The highest BCUT2D eigenvalue weighted by Crippen LogP contribution is 2.39. The number of carbonyl (C=O) groups excluding carboxylic acids is 1. The molecule has 0 bridgehead atoms. The molecule has 5 heteroatoms. The number of ether oxygens (including phenoxy) is 2. The summed E-state index contributed by atoms with van der Waals surface area (Å²) in [6.45, 7) is 1.66. The van der Waals surface area contributed by atoms with Crippen molar-refractivity contribution >= 4 is 23.6 Å². The molecule has 1 amide bonds. The fourth-order valence-electron chi connectivity index (χ4n) is 4.45. The number of amides is 1. The normalized spacial score (nSPS) is 16.2. The van der Waals surface area contributed by atoms with E-state index in [0.717, 1.165) is 24.2 Å². The van der Waals surface area contributed by atoms with Crippen LogP contribution < -0.4 is 9.47 Å². The van der Waals surface area contributed by atoms with E-state index in [1.165, 1.54) is 11.1 Å². The summed E-state index contributed by atoms with van der Waals surface area (Å²) in [6.07, 6.45) is 6.23. The Morgan fingerprint density at radius 2 is 1.73 bits per heavy atom. The van der Waals surface area contributed by atoms with E-state index in [1.807, 2.05) is 41.3 Å². The molecule has 4 nitrogen and oxygen atoms in total. The molecule has 168 valence electrons. The van der Waals surface area contributed by atoms with Gasteiger partial charge in [-0.2, -0.15) is 0 Å². The second kappa shape index (κ2) is 9.32. The van der Waals surface area contributed by atoms with E-state index in [-0.39, 0.29) is 11.5 Å². The maximum absolute atomic E-state index is 12.7. The van der Waals surface area contributed by atoms with Crippen LogP contribution in [0.3, 0.4) is 0 Å². The zero-order chi connectivity index (χ0) is 22.7. The highest BCUT2D eigenvalue weighted by molar-refractivity contribution is 6.32. The van der Waals surface area contributed by atoms with Gasteiger partial charge < -0.3 is 14.4 Å². The first-order valence-corrected chi connectivity index (χ1v) is 11.7. The van der Waals surface area contributed by atoms with Crippen molar-refractivity contribution in [3.05, 3.63) is 89.5 Å². The fraction of sp³-hybridized carbons (Fsp3) is 0.250. The van der Waals surface area contributed by atoms with Crippen molar-refractivity contribution in [3.8, 4) is 22.6 Å². The number of piperidine rings is 1. The maximum atomic E-state index is 12.7. The molecule has 1 spiro atoms. The van der Waals surface area contributed by atoms with Gasteiger partial charge in [0.1, 0.15) is 17.1 Å². The summed E-state index contributed by atoms with van der Waals surface area (Å²) >= 11 is 6.11. The average Bonchev–Trinajstić information content (AvgIpc) is 2.86. The Morgan fingerprint density at radius 1 is 0.970 bits per heavy atom. The van der Waals surface area contributed by atoms with Crippen LogP contribution >= 0.6 is 11.6 Å². The van der Waals surface area contributed by atoms with Gasteiger partial charge in [0, 0.05) is 31.5 Å². The van der Waals surface area contributed by atoms with E-state index in [9.17, 15) is 4.79 Å². The molecule has 5 rings (SSSR count). The Morgan fingerprint density at radius 3 is 2.52 bits per heavy atom. The maximum Gasteiger partial charge on any atom is 0.226 e. The van der Waals surface area contributed by atoms with Gasteiger partial charge in [-0.05, 0) is 41.5 Å². The minimum Gasteiger partial charge on any atom is -0.491 e. The molecule has 0 saturated carbocycles. The summed E-state index contributed by atoms with van der Waals surface area (Å²) < 4.78 is 12.1. The number of hydrogen-bond donors (Lipinski definition) is 0. The summed E-state index contributed by atoms with van der Waals surface area (Å²) in [4.78, 5) is 14.6. The second-order valence-corrected chi connectivity index (χ2v) is 8.94. The molecule has 2 aliphatic rings. The third-order valence-corrected chi connectivity index (χ3v) is 6.68. The fourth-order valence-corrected chi connectivity index (χ4v) is 4.64. The van der Waals surface area contributed by atoms with Crippen LogP contribution in [0.4, 0.5) is 0 Å². The lowest BCUT2D eigenvalue weighted by molar-refractivity contribution is -0.134. The number of carbonyl (C=O) groups is 1. The van der Waals surface area contributed by atoms with Crippen molar-refractivity contribution in [1.29, 1.82) is 0 Å². The molecule has 2 aliphatic heterocycles. The highest BCUT2D eigenvalue weighted by Gasteiger charge is 2.37. The van der Waals surface area contributed by atoms with Crippen LogP contribution in [0.5, 0.6) is 11.5 Å². The number of para-hydroxylation sites is 1. The van der Waals surface area contributed by atoms with Crippen LogP contribution in [0.25, 0.3) is 17.2 Å². The largest absolute Gasteiger partial charge is 0.491 e. The van der Waals surface area contributed by atoms with Crippen molar-refractivity contribution in [2.75, 3.05) is 19.7 Å². The molecule has 1 saturated heterocycles. The molecule has 0 unspecified atom stereocenters. The van der Waals surface area contributed by atoms with Crippen molar-refractivity contribution in [2.45, 2.75) is 24.9 Å². The lowest BCUT2D eigenvalue weighted by atomic mass is 9.87. The van der Waals surface area contributed by atoms with E-state index in [0.29, 0.717) is 36.9 Å². The van der Waals surface area contributed by atoms with E-state index in [2.05, 4.69) is 42.5 Å². The molecule has 1 fully saturated rings. The van der Waals surface area contributed by atoms with Crippen LogP contribution in [-0.4, -0.2) is 36.1 Å². The zero-order valence-electron chi connectivity index (χ0n) is 18.4. The Labute approximate surface area is 199 Å². The van der Waals surface area contributed by atoms with Crippen molar-refractivity contribution in [2.24, 2.45) is 0 Å². The van der Waals surface area contributed by atoms with Crippen LogP contribution in [0.1, 0.15) is 24.8 Å². The third-order valence-electron chi connectivity index (χ3n) is 6.37. The quantitative estimate of drug-likeness (QED) is 0.453. The lowest BCUT2D eigenvalue weighted by Crippen LogP contribution is -2.49. The Kier molecular flexibility index (Phi) is 6.10. The number of likely N-dealkylation sites (tertiary alicyclic amines) is 1. The van der Waals surface area contributed by atoms with E-state index >= 15 is 0 Å². The predicted molar refractivity (Wildman–Crippen MR) is 132 cm³/mol. The Hall–Kier alpha value is -3.24. The number of benzene rings is 3. The van der Waals surface area contributed by atoms with Crippen LogP contribution in [0.15, 0.2) is 78.9 Å². The van der Waals surface area contributed by atoms with Crippen molar-refractivity contribution < 1.29 is 14.3 Å². The summed E-state index contributed by atoms with van der Waals surface area (Å²) in [6, 6.07) is 24.0.